The van der Waals surface area contributed by atoms with Crippen LogP contribution in [0.5, 0.6) is 5.88 Å². The Morgan fingerprint density at radius 1 is 1.29 bits per heavy atom. The predicted octanol–water partition coefficient (Wildman–Crippen LogP) is 0.797. The molecule has 114 valence electrons. The summed E-state index contributed by atoms with van der Waals surface area (Å²) in [4.78, 5) is 37.9. The maximum atomic E-state index is 12.2. The maximum Gasteiger partial charge on any atom is 0.303 e. The van der Waals surface area contributed by atoms with Gasteiger partial charge in [-0.25, -0.2) is 0 Å². The van der Waals surface area contributed by atoms with Gasteiger partial charge in [0.2, 0.25) is 0 Å². The lowest BCUT2D eigenvalue weighted by Gasteiger charge is -2.31. The van der Waals surface area contributed by atoms with Gasteiger partial charge in [0, 0.05) is 31.6 Å². The van der Waals surface area contributed by atoms with E-state index in [-0.39, 0.29) is 23.8 Å². The quantitative estimate of drug-likeness (QED) is 0.760. The average molecular weight is 294 g/mol. The van der Waals surface area contributed by atoms with Crippen molar-refractivity contribution in [2.45, 2.75) is 25.7 Å². The van der Waals surface area contributed by atoms with Crippen molar-refractivity contribution in [1.29, 1.82) is 0 Å². The number of carboxylic acids is 1. The van der Waals surface area contributed by atoms with Crippen molar-refractivity contribution in [1.82, 2.24) is 9.88 Å². The van der Waals surface area contributed by atoms with E-state index in [0.29, 0.717) is 25.4 Å². The van der Waals surface area contributed by atoms with E-state index in [0.717, 1.165) is 12.8 Å². The Bertz CT molecular complexity index is 587. The number of carbonyl (C=O) groups is 2. The molecule has 0 saturated carbocycles. The van der Waals surface area contributed by atoms with Crippen molar-refractivity contribution >= 4 is 11.9 Å². The van der Waals surface area contributed by atoms with Gasteiger partial charge < -0.3 is 15.1 Å². The minimum absolute atomic E-state index is 0.153. The van der Waals surface area contributed by atoms with Crippen LogP contribution in [0.2, 0.25) is 0 Å². The Kier molecular flexibility index (Phi) is 4.62. The molecule has 0 atom stereocenters. The summed E-state index contributed by atoms with van der Waals surface area (Å²) in [5.41, 5.74) is -0.352. The van der Waals surface area contributed by atoms with E-state index >= 15 is 0 Å². The zero-order chi connectivity index (χ0) is 15.4. The number of rotatable bonds is 4. The van der Waals surface area contributed by atoms with Crippen molar-refractivity contribution in [3.63, 3.8) is 0 Å². The zero-order valence-corrected chi connectivity index (χ0v) is 11.5. The van der Waals surface area contributed by atoms with E-state index in [9.17, 15) is 19.5 Å². The Hall–Kier alpha value is -2.31. The molecular weight excluding hydrogens is 276 g/mol. The summed E-state index contributed by atoms with van der Waals surface area (Å²) in [6.45, 7) is 1.08. The molecule has 0 aliphatic carbocycles. The Balaban J connectivity index is 1.94. The molecule has 7 nitrogen and oxygen atoms in total. The van der Waals surface area contributed by atoms with Crippen LogP contribution in [0.4, 0.5) is 0 Å². The molecule has 0 aromatic carbocycles. The third-order valence-electron chi connectivity index (χ3n) is 3.75. The predicted molar refractivity (Wildman–Crippen MR) is 74.2 cm³/mol. The largest absolute Gasteiger partial charge is 0.494 e. The van der Waals surface area contributed by atoms with Gasteiger partial charge in [0.05, 0.1) is 5.56 Å². The van der Waals surface area contributed by atoms with Crippen LogP contribution in [-0.4, -0.2) is 45.1 Å². The number of nitrogens with zero attached hydrogens (tertiary/aromatic N) is 1. The minimum atomic E-state index is -0.799. The van der Waals surface area contributed by atoms with Crippen LogP contribution in [0.3, 0.4) is 0 Å². The van der Waals surface area contributed by atoms with Crippen molar-refractivity contribution in [2.24, 2.45) is 5.92 Å². The normalized spacial score (nSPS) is 15.9. The van der Waals surface area contributed by atoms with Gasteiger partial charge in [0.15, 0.2) is 5.88 Å². The maximum absolute atomic E-state index is 12.2. The second kappa shape index (κ2) is 6.43. The lowest BCUT2D eigenvalue weighted by atomic mass is 9.92. The number of piperidine rings is 1. The highest BCUT2D eigenvalue weighted by atomic mass is 16.4. The smallest absolute Gasteiger partial charge is 0.303 e. The average Bonchev–Trinajstić information content (AvgIpc) is 2.44. The van der Waals surface area contributed by atoms with E-state index < -0.39 is 11.5 Å². The Labute approximate surface area is 121 Å². The summed E-state index contributed by atoms with van der Waals surface area (Å²) in [6.07, 6.45) is 2.30. The molecule has 0 radical (unpaired) electrons. The second-order valence-corrected chi connectivity index (χ2v) is 5.29. The van der Waals surface area contributed by atoms with Crippen LogP contribution in [-0.2, 0) is 4.79 Å². The molecule has 3 N–H and O–H groups in total. The molecule has 2 heterocycles. The number of hydrogen-bond donors (Lipinski definition) is 3. The first-order valence-electron chi connectivity index (χ1n) is 6.90. The van der Waals surface area contributed by atoms with Crippen molar-refractivity contribution in [2.75, 3.05) is 13.1 Å². The molecule has 0 spiro atoms. The van der Waals surface area contributed by atoms with Crippen LogP contribution in [0.15, 0.2) is 16.9 Å². The number of amides is 1. The van der Waals surface area contributed by atoms with Crippen LogP contribution in [0.25, 0.3) is 0 Å². The van der Waals surface area contributed by atoms with E-state index in [2.05, 4.69) is 4.98 Å². The van der Waals surface area contributed by atoms with Crippen molar-refractivity contribution in [3.8, 4) is 5.88 Å². The van der Waals surface area contributed by atoms with Gasteiger partial charge in [-0.3, -0.25) is 19.4 Å². The highest BCUT2D eigenvalue weighted by Gasteiger charge is 2.24. The highest BCUT2D eigenvalue weighted by Crippen LogP contribution is 2.23. The van der Waals surface area contributed by atoms with Gasteiger partial charge in [0.1, 0.15) is 0 Å². The van der Waals surface area contributed by atoms with Crippen LogP contribution < -0.4 is 5.56 Å². The summed E-state index contributed by atoms with van der Waals surface area (Å²) in [5, 5.41) is 18.0. The molecule has 0 bridgehead atoms. The fourth-order valence-electron chi connectivity index (χ4n) is 2.59. The Morgan fingerprint density at radius 3 is 2.52 bits per heavy atom. The van der Waals surface area contributed by atoms with Gasteiger partial charge in [-0.2, -0.15) is 0 Å². The fourth-order valence-corrected chi connectivity index (χ4v) is 2.59. The second-order valence-electron chi connectivity index (χ2n) is 5.29. The van der Waals surface area contributed by atoms with Gasteiger partial charge >= 0.3 is 5.97 Å². The summed E-state index contributed by atoms with van der Waals surface area (Å²) in [5.74, 6) is -1.10. The van der Waals surface area contributed by atoms with Crippen molar-refractivity contribution < 1.29 is 19.8 Å². The van der Waals surface area contributed by atoms with E-state index in [1.54, 1.807) is 4.90 Å². The van der Waals surface area contributed by atoms with Gasteiger partial charge in [0.25, 0.3) is 11.5 Å². The number of nitrogens with one attached hydrogen (secondary N) is 1. The number of aliphatic carboxylic acids is 1. The topological polar surface area (TPSA) is 111 Å². The van der Waals surface area contributed by atoms with Crippen molar-refractivity contribution in [3.05, 3.63) is 28.0 Å². The van der Waals surface area contributed by atoms with E-state index in [1.165, 1.54) is 12.1 Å². The highest BCUT2D eigenvalue weighted by molar-refractivity contribution is 5.94. The molecule has 7 heteroatoms. The summed E-state index contributed by atoms with van der Waals surface area (Å²) in [6, 6.07) is 2.40. The number of likely N-dealkylation sites (tertiary alicyclic amines) is 1. The molecule has 2 rings (SSSR count). The molecule has 1 amide bonds. The fraction of sp³-hybridized carbons (Fsp3) is 0.500. The number of carbonyl (C=O) groups excluding carboxylic acids is 1. The standard InChI is InChI=1S/C14H18N2O5/c17-11-7-10(8-12(18)15-11)14(21)16-5-3-9(4-6-16)1-2-13(19)20/h7-9H,1-6H2,(H,19,20)(H2,15,17,18). The van der Waals surface area contributed by atoms with Crippen LogP contribution in [0.1, 0.15) is 36.0 Å². The van der Waals surface area contributed by atoms with E-state index in [4.69, 9.17) is 5.11 Å². The number of aromatic hydroxyl groups is 1. The number of aromatic amines is 1. The molecule has 1 fully saturated rings. The number of aromatic nitrogens is 1. The number of carboxylic acid groups (broad SMARTS) is 1. The lowest BCUT2D eigenvalue weighted by molar-refractivity contribution is -0.137. The van der Waals surface area contributed by atoms with Gasteiger partial charge in [-0.05, 0) is 25.2 Å². The number of pyridine rings is 1. The molecule has 1 aromatic rings. The van der Waals surface area contributed by atoms with Gasteiger partial charge in [-0.15, -0.1) is 0 Å². The summed E-state index contributed by atoms with van der Waals surface area (Å²) < 4.78 is 0. The molecular formula is C14H18N2O5. The van der Waals surface area contributed by atoms with Crippen LogP contribution >= 0.6 is 0 Å². The molecule has 0 unspecified atom stereocenters. The van der Waals surface area contributed by atoms with Crippen LogP contribution in [0, 0.1) is 5.92 Å². The summed E-state index contributed by atoms with van der Waals surface area (Å²) in [7, 11) is 0. The number of hydrogen-bond acceptors (Lipinski definition) is 4. The third kappa shape index (κ3) is 4.08. The summed E-state index contributed by atoms with van der Waals surface area (Å²) >= 11 is 0. The van der Waals surface area contributed by atoms with E-state index in [1.807, 2.05) is 0 Å². The molecule has 1 aliphatic heterocycles. The Morgan fingerprint density at radius 2 is 1.95 bits per heavy atom. The lowest BCUT2D eigenvalue weighted by Crippen LogP contribution is -2.38. The zero-order valence-electron chi connectivity index (χ0n) is 11.5. The van der Waals surface area contributed by atoms with Gasteiger partial charge in [-0.1, -0.05) is 0 Å². The molecule has 1 aliphatic rings. The molecule has 1 saturated heterocycles. The molecule has 21 heavy (non-hydrogen) atoms. The minimum Gasteiger partial charge on any atom is -0.494 e. The molecule has 1 aromatic heterocycles. The monoisotopic (exact) mass is 294 g/mol. The number of H-pyrrole nitrogens is 1. The first-order valence-corrected chi connectivity index (χ1v) is 6.90. The first kappa shape index (κ1) is 15.1. The third-order valence-corrected chi connectivity index (χ3v) is 3.75. The first-order chi connectivity index (χ1) is 9.95. The SMILES string of the molecule is O=C(O)CCC1CCN(C(=O)c2cc(O)[nH]c(=O)c2)CC1.